The zero-order valence-electron chi connectivity index (χ0n) is 13.4. The molecule has 1 aromatic rings. The van der Waals surface area contributed by atoms with Gasteiger partial charge in [0.15, 0.2) is 9.84 Å². The molecule has 23 heavy (non-hydrogen) atoms. The zero-order chi connectivity index (χ0) is 16.9. The maximum Gasteiger partial charge on any atom is 0.242 e. The van der Waals surface area contributed by atoms with Crippen LogP contribution in [-0.4, -0.2) is 36.8 Å². The first-order valence-electron chi connectivity index (χ1n) is 7.79. The van der Waals surface area contributed by atoms with Gasteiger partial charge in [-0.2, -0.15) is 0 Å². The third kappa shape index (κ3) is 5.16. The minimum absolute atomic E-state index is 0.0387. The van der Waals surface area contributed by atoms with Gasteiger partial charge < -0.3 is 5.32 Å². The SMILES string of the molecule is CCCS(=O)(=O)C(C)C(=O)Nc1cccc(C2SCCCS2)c1. The summed E-state index contributed by atoms with van der Waals surface area (Å²) in [5.41, 5.74) is 1.83. The fraction of sp³-hybridized carbons (Fsp3) is 0.562. The van der Waals surface area contributed by atoms with Gasteiger partial charge in [-0.3, -0.25) is 4.79 Å². The molecule has 7 heteroatoms. The molecule has 0 aromatic heterocycles. The van der Waals surface area contributed by atoms with E-state index in [9.17, 15) is 13.2 Å². The summed E-state index contributed by atoms with van der Waals surface area (Å²) >= 11 is 3.83. The number of nitrogens with one attached hydrogen (secondary N) is 1. The van der Waals surface area contributed by atoms with Crippen molar-refractivity contribution in [1.29, 1.82) is 0 Å². The second-order valence-corrected chi connectivity index (χ2v) is 10.7. The number of thioether (sulfide) groups is 2. The molecule has 0 spiro atoms. The van der Waals surface area contributed by atoms with Gasteiger partial charge in [-0.25, -0.2) is 8.42 Å². The van der Waals surface area contributed by atoms with E-state index in [-0.39, 0.29) is 5.75 Å². The first-order chi connectivity index (χ1) is 10.9. The van der Waals surface area contributed by atoms with Crippen LogP contribution in [0.2, 0.25) is 0 Å². The van der Waals surface area contributed by atoms with Crippen molar-refractivity contribution in [2.75, 3.05) is 22.6 Å². The third-order valence-electron chi connectivity index (χ3n) is 3.65. The smallest absolute Gasteiger partial charge is 0.242 e. The van der Waals surface area contributed by atoms with Crippen LogP contribution in [0.15, 0.2) is 24.3 Å². The van der Waals surface area contributed by atoms with Gasteiger partial charge in [0.05, 0.1) is 10.3 Å². The van der Waals surface area contributed by atoms with Crippen LogP contribution in [0.4, 0.5) is 5.69 Å². The van der Waals surface area contributed by atoms with Crippen molar-refractivity contribution in [1.82, 2.24) is 0 Å². The van der Waals surface area contributed by atoms with Crippen LogP contribution in [0.25, 0.3) is 0 Å². The molecule has 0 aliphatic carbocycles. The average Bonchev–Trinajstić information content (AvgIpc) is 2.55. The second kappa shape index (κ2) is 8.44. The fourth-order valence-electron chi connectivity index (χ4n) is 2.31. The summed E-state index contributed by atoms with van der Waals surface area (Å²) in [6, 6.07) is 7.72. The highest BCUT2D eigenvalue weighted by Gasteiger charge is 2.27. The van der Waals surface area contributed by atoms with E-state index in [0.29, 0.717) is 16.7 Å². The predicted molar refractivity (Wildman–Crippen MR) is 101 cm³/mol. The molecule has 1 aliphatic rings. The first-order valence-corrected chi connectivity index (χ1v) is 11.6. The Bertz CT molecular complexity index is 640. The highest BCUT2D eigenvalue weighted by molar-refractivity contribution is 8.16. The van der Waals surface area contributed by atoms with Gasteiger partial charge in [-0.05, 0) is 49.0 Å². The van der Waals surface area contributed by atoms with E-state index in [1.54, 1.807) is 13.0 Å². The van der Waals surface area contributed by atoms with Crippen molar-refractivity contribution in [2.45, 2.75) is 36.5 Å². The number of carbonyl (C=O) groups is 1. The lowest BCUT2D eigenvalue weighted by molar-refractivity contribution is -0.115. The minimum Gasteiger partial charge on any atom is -0.325 e. The van der Waals surface area contributed by atoms with Crippen LogP contribution < -0.4 is 5.32 Å². The number of hydrogen-bond acceptors (Lipinski definition) is 5. The molecule has 1 heterocycles. The van der Waals surface area contributed by atoms with Crippen LogP contribution in [0.5, 0.6) is 0 Å². The quantitative estimate of drug-likeness (QED) is 0.823. The molecule has 0 saturated carbocycles. The Hall–Kier alpha value is -0.660. The first kappa shape index (κ1) is 18.7. The van der Waals surface area contributed by atoms with Crippen LogP contribution in [-0.2, 0) is 14.6 Å². The van der Waals surface area contributed by atoms with Crippen LogP contribution >= 0.6 is 23.5 Å². The van der Waals surface area contributed by atoms with Crippen LogP contribution in [0, 0.1) is 0 Å². The van der Waals surface area contributed by atoms with Crippen molar-refractivity contribution < 1.29 is 13.2 Å². The maximum atomic E-state index is 12.2. The van der Waals surface area contributed by atoms with Crippen molar-refractivity contribution in [3.8, 4) is 0 Å². The highest BCUT2D eigenvalue weighted by atomic mass is 32.2. The Kier molecular flexibility index (Phi) is 6.85. The maximum absolute atomic E-state index is 12.2. The van der Waals surface area contributed by atoms with E-state index in [0.717, 1.165) is 11.5 Å². The van der Waals surface area contributed by atoms with Crippen molar-refractivity contribution in [2.24, 2.45) is 0 Å². The molecule has 2 rings (SSSR count). The molecule has 128 valence electrons. The minimum atomic E-state index is -3.38. The van der Waals surface area contributed by atoms with E-state index >= 15 is 0 Å². The molecule has 1 amide bonds. The normalized spacial score (nSPS) is 17.7. The summed E-state index contributed by atoms with van der Waals surface area (Å²) in [6.07, 6.45) is 1.75. The van der Waals surface area contributed by atoms with Gasteiger partial charge in [0.2, 0.25) is 5.91 Å². The zero-order valence-corrected chi connectivity index (χ0v) is 15.9. The Labute approximate surface area is 147 Å². The summed E-state index contributed by atoms with van der Waals surface area (Å²) in [5.74, 6) is 1.89. The highest BCUT2D eigenvalue weighted by Crippen LogP contribution is 2.44. The largest absolute Gasteiger partial charge is 0.325 e. The molecule has 1 aromatic carbocycles. The average molecular weight is 374 g/mol. The second-order valence-electron chi connectivity index (χ2n) is 5.55. The summed E-state index contributed by atoms with van der Waals surface area (Å²) in [7, 11) is -3.38. The molecule has 1 fully saturated rings. The Morgan fingerprint density at radius 1 is 1.35 bits per heavy atom. The fourth-order valence-corrected chi connectivity index (χ4v) is 6.49. The van der Waals surface area contributed by atoms with Crippen molar-refractivity contribution >= 4 is 45.0 Å². The Morgan fingerprint density at radius 3 is 2.70 bits per heavy atom. The van der Waals surface area contributed by atoms with Gasteiger partial charge in [0, 0.05) is 5.69 Å². The van der Waals surface area contributed by atoms with E-state index in [4.69, 9.17) is 0 Å². The van der Waals surface area contributed by atoms with Gasteiger partial charge in [-0.15, -0.1) is 23.5 Å². The van der Waals surface area contributed by atoms with E-state index in [2.05, 4.69) is 11.4 Å². The van der Waals surface area contributed by atoms with Gasteiger partial charge >= 0.3 is 0 Å². The van der Waals surface area contributed by atoms with E-state index in [1.165, 1.54) is 18.9 Å². The molecular weight excluding hydrogens is 350 g/mol. The molecule has 1 aliphatic heterocycles. The lowest BCUT2D eigenvalue weighted by Crippen LogP contribution is -2.34. The molecule has 0 bridgehead atoms. The topological polar surface area (TPSA) is 63.2 Å². The standard InChI is InChI=1S/C16H23NO3S3/c1-3-10-23(19,20)12(2)15(18)17-14-7-4-6-13(11-14)16-21-8-5-9-22-16/h4,6-7,11-12,16H,3,5,8-10H2,1-2H3,(H,17,18). The van der Waals surface area contributed by atoms with Gasteiger partial charge in [0.25, 0.3) is 0 Å². The van der Waals surface area contributed by atoms with Gasteiger partial charge in [-0.1, -0.05) is 19.1 Å². The number of sulfone groups is 1. The molecule has 1 atom stereocenters. The molecule has 1 N–H and O–H groups in total. The van der Waals surface area contributed by atoms with Gasteiger partial charge in [0.1, 0.15) is 5.25 Å². The lowest BCUT2D eigenvalue weighted by atomic mass is 10.2. The van der Waals surface area contributed by atoms with E-state index in [1.807, 2.05) is 35.7 Å². The number of amides is 1. The lowest BCUT2D eigenvalue weighted by Gasteiger charge is -2.22. The van der Waals surface area contributed by atoms with Crippen LogP contribution in [0.3, 0.4) is 0 Å². The Morgan fingerprint density at radius 2 is 2.04 bits per heavy atom. The predicted octanol–water partition coefficient (Wildman–Crippen LogP) is 3.71. The van der Waals surface area contributed by atoms with Crippen molar-refractivity contribution in [3.05, 3.63) is 29.8 Å². The van der Waals surface area contributed by atoms with Crippen molar-refractivity contribution in [3.63, 3.8) is 0 Å². The Balaban J connectivity index is 2.06. The molecule has 0 radical (unpaired) electrons. The number of carbonyl (C=O) groups excluding carboxylic acids is 1. The molecule has 1 unspecified atom stereocenters. The number of rotatable bonds is 6. The molecule has 4 nitrogen and oxygen atoms in total. The number of hydrogen-bond donors (Lipinski definition) is 1. The number of benzene rings is 1. The van der Waals surface area contributed by atoms with Crippen LogP contribution in [0.1, 0.15) is 36.8 Å². The third-order valence-corrected chi connectivity index (χ3v) is 8.93. The molecule has 1 saturated heterocycles. The van der Waals surface area contributed by atoms with E-state index < -0.39 is 21.0 Å². The monoisotopic (exact) mass is 373 g/mol. The summed E-state index contributed by atoms with van der Waals surface area (Å²) in [5, 5.41) is 1.73. The summed E-state index contributed by atoms with van der Waals surface area (Å²) < 4.78 is 24.4. The summed E-state index contributed by atoms with van der Waals surface area (Å²) in [4.78, 5) is 12.2. The number of anilines is 1. The summed E-state index contributed by atoms with van der Waals surface area (Å²) in [6.45, 7) is 3.25. The molecular formula is C16H23NO3S3.